The number of nitrogens with zero attached hydrogens (tertiary/aromatic N) is 1. The normalized spacial score (nSPS) is 12.9. The first-order chi connectivity index (χ1) is 12.7. The van der Waals surface area contributed by atoms with Crippen molar-refractivity contribution >= 4 is 23.0 Å². The number of rotatable bonds is 4. The minimum Gasteiger partial charge on any atom is -0.456 e. The number of fused-ring (bicyclic) bond motifs is 1. The summed E-state index contributed by atoms with van der Waals surface area (Å²) in [4.78, 5) is 34.3. The predicted octanol–water partition coefficient (Wildman–Crippen LogP) is 3.33. The summed E-state index contributed by atoms with van der Waals surface area (Å²) in [6.45, 7) is 7.55. The summed E-state index contributed by atoms with van der Waals surface area (Å²) >= 11 is 0. The van der Waals surface area contributed by atoms with Crippen LogP contribution in [0.4, 0.5) is 5.95 Å². The molecule has 0 saturated heterocycles. The molecule has 7 heteroatoms. The summed E-state index contributed by atoms with van der Waals surface area (Å²) in [5.41, 5.74) is 7.62. The third kappa shape index (κ3) is 3.86. The van der Waals surface area contributed by atoms with Crippen molar-refractivity contribution in [1.29, 1.82) is 0 Å². The summed E-state index contributed by atoms with van der Waals surface area (Å²) < 4.78 is 5.40. The molecule has 0 aliphatic rings. The molecule has 0 spiro atoms. The second-order valence-electron chi connectivity index (χ2n) is 7.50. The molecule has 142 valence electrons. The number of aromatic amines is 2. The lowest BCUT2D eigenvalue weighted by molar-refractivity contribution is 0.00695. The van der Waals surface area contributed by atoms with Crippen LogP contribution < -0.4 is 11.3 Å². The molecule has 0 aliphatic heterocycles. The van der Waals surface area contributed by atoms with Crippen molar-refractivity contribution in [2.75, 3.05) is 5.73 Å². The number of carbonyl (C=O) groups excluding carboxylic acids is 1. The Balaban J connectivity index is 1.95. The molecule has 1 aromatic carbocycles. The van der Waals surface area contributed by atoms with Crippen molar-refractivity contribution in [2.45, 2.75) is 45.6 Å². The van der Waals surface area contributed by atoms with Crippen LogP contribution in [0, 0.1) is 0 Å². The average Bonchev–Trinajstić information content (AvgIpc) is 2.98. The highest BCUT2D eigenvalue weighted by Gasteiger charge is 2.21. The molecule has 3 rings (SSSR count). The zero-order chi connectivity index (χ0) is 19.8. The lowest BCUT2D eigenvalue weighted by atomic mass is 9.89. The Hall–Kier alpha value is -3.09. The predicted molar refractivity (Wildman–Crippen MR) is 105 cm³/mol. The summed E-state index contributed by atoms with van der Waals surface area (Å²) in [6.07, 6.45) is 2.57. The molecule has 2 aromatic heterocycles. The van der Waals surface area contributed by atoms with Crippen molar-refractivity contribution in [1.82, 2.24) is 15.0 Å². The zero-order valence-electron chi connectivity index (χ0n) is 15.9. The van der Waals surface area contributed by atoms with Gasteiger partial charge in [0.2, 0.25) is 5.95 Å². The van der Waals surface area contributed by atoms with E-state index in [2.05, 4.69) is 15.0 Å². The fourth-order valence-electron chi connectivity index (χ4n) is 3.18. The largest absolute Gasteiger partial charge is 0.456 e. The van der Waals surface area contributed by atoms with Gasteiger partial charge in [-0.1, -0.05) is 19.1 Å². The standard InChI is InChI=1S/C20H24N4O3/c1-5-13(14-10-22-16-15(14)17(25)24-19(21)23-16)11-6-8-12(9-7-11)18(26)27-20(2,3)4/h6-10,13H,5H2,1-4H3,(H4,21,22,23,24,25). The Morgan fingerprint density at radius 1 is 1.26 bits per heavy atom. The van der Waals surface area contributed by atoms with Crippen LogP contribution in [0.15, 0.2) is 35.3 Å². The zero-order valence-corrected chi connectivity index (χ0v) is 15.9. The van der Waals surface area contributed by atoms with E-state index in [1.165, 1.54) is 0 Å². The smallest absolute Gasteiger partial charge is 0.338 e. The number of nitrogens with two attached hydrogens (primary N) is 1. The van der Waals surface area contributed by atoms with Crippen molar-refractivity contribution in [3.8, 4) is 0 Å². The first kappa shape index (κ1) is 18.7. The summed E-state index contributed by atoms with van der Waals surface area (Å²) in [5.74, 6) is -0.293. The van der Waals surface area contributed by atoms with E-state index in [0.717, 1.165) is 17.5 Å². The highest BCUT2D eigenvalue weighted by Crippen LogP contribution is 2.31. The molecule has 0 aliphatic carbocycles. The Morgan fingerprint density at radius 3 is 2.52 bits per heavy atom. The SMILES string of the molecule is CCC(c1ccc(C(=O)OC(C)(C)C)cc1)c1c[nH]c2nc(N)[nH]c(=O)c12. The van der Waals surface area contributed by atoms with Gasteiger partial charge in [0.15, 0.2) is 0 Å². The number of nitrogen functional groups attached to an aromatic ring is 1. The van der Waals surface area contributed by atoms with Gasteiger partial charge in [0.25, 0.3) is 5.56 Å². The quantitative estimate of drug-likeness (QED) is 0.611. The van der Waals surface area contributed by atoms with E-state index in [4.69, 9.17) is 10.5 Å². The summed E-state index contributed by atoms with van der Waals surface area (Å²) in [7, 11) is 0. The number of nitrogens with one attached hydrogen (secondary N) is 2. The second kappa shape index (κ2) is 6.90. The molecule has 27 heavy (non-hydrogen) atoms. The minimum absolute atomic E-state index is 0.0158. The Morgan fingerprint density at radius 2 is 1.93 bits per heavy atom. The lowest BCUT2D eigenvalue weighted by Gasteiger charge is -2.20. The van der Waals surface area contributed by atoms with Crippen LogP contribution in [0.5, 0.6) is 0 Å². The monoisotopic (exact) mass is 368 g/mol. The molecule has 0 radical (unpaired) electrons. The van der Waals surface area contributed by atoms with Crippen LogP contribution in [-0.2, 0) is 4.74 Å². The molecule has 0 fully saturated rings. The Kier molecular flexibility index (Phi) is 4.78. The van der Waals surface area contributed by atoms with E-state index >= 15 is 0 Å². The van der Waals surface area contributed by atoms with Gasteiger partial charge in [0.05, 0.1) is 10.9 Å². The number of anilines is 1. The molecule has 2 heterocycles. The number of esters is 1. The second-order valence-corrected chi connectivity index (χ2v) is 7.50. The van der Waals surface area contributed by atoms with Gasteiger partial charge in [-0.05, 0) is 50.5 Å². The third-order valence-corrected chi connectivity index (χ3v) is 4.32. The number of hydrogen-bond donors (Lipinski definition) is 3. The van der Waals surface area contributed by atoms with Crippen LogP contribution >= 0.6 is 0 Å². The van der Waals surface area contributed by atoms with Gasteiger partial charge in [-0.3, -0.25) is 9.78 Å². The maximum Gasteiger partial charge on any atom is 0.338 e. The Labute approximate surface area is 157 Å². The van der Waals surface area contributed by atoms with Crippen LogP contribution in [-0.4, -0.2) is 26.5 Å². The van der Waals surface area contributed by atoms with Gasteiger partial charge in [-0.15, -0.1) is 0 Å². The highest BCUT2D eigenvalue weighted by molar-refractivity contribution is 5.89. The number of aromatic nitrogens is 3. The van der Waals surface area contributed by atoms with Crippen LogP contribution in [0.2, 0.25) is 0 Å². The molecule has 3 aromatic rings. The van der Waals surface area contributed by atoms with Crippen molar-refractivity contribution in [3.05, 3.63) is 57.5 Å². The van der Waals surface area contributed by atoms with Gasteiger partial charge in [-0.25, -0.2) is 4.79 Å². The van der Waals surface area contributed by atoms with E-state index in [0.29, 0.717) is 16.6 Å². The number of carbonyl (C=O) groups is 1. The molecule has 1 unspecified atom stereocenters. The van der Waals surface area contributed by atoms with Gasteiger partial charge in [0.1, 0.15) is 11.2 Å². The molecular formula is C20H24N4O3. The fraction of sp³-hybridized carbons (Fsp3) is 0.350. The summed E-state index contributed by atoms with van der Waals surface area (Å²) in [6, 6.07) is 7.29. The number of hydrogen-bond acceptors (Lipinski definition) is 5. The summed E-state index contributed by atoms with van der Waals surface area (Å²) in [5, 5.41) is 0.507. The number of H-pyrrole nitrogens is 2. The maximum atomic E-state index is 12.4. The minimum atomic E-state index is -0.540. The van der Waals surface area contributed by atoms with Crippen molar-refractivity contribution in [2.24, 2.45) is 0 Å². The molecule has 4 N–H and O–H groups in total. The molecule has 0 saturated carbocycles. The fourth-order valence-corrected chi connectivity index (χ4v) is 3.18. The average molecular weight is 368 g/mol. The van der Waals surface area contributed by atoms with Gasteiger partial charge >= 0.3 is 5.97 Å². The topological polar surface area (TPSA) is 114 Å². The van der Waals surface area contributed by atoms with Crippen molar-refractivity contribution < 1.29 is 9.53 Å². The van der Waals surface area contributed by atoms with Gasteiger partial charge < -0.3 is 15.5 Å². The van der Waals surface area contributed by atoms with Gasteiger partial charge in [0, 0.05) is 12.1 Å². The van der Waals surface area contributed by atoms with E-state index in [1.807, 2.05) is 39.8 Å². The van der Waals surface area contributed by atoms with Crippen molar-refractivity contribution in [3.63, 3.8) is 0 Å². The first-order valence-corrected chi connectivity index (χ1v) is 8.89. The van der Waals surface area contributed by atoms with E-state index in [-0.39, 0.29) is 23.4 Å². The van der Waals surface area contributed by atoms with Gasteiger partial charge in [-0.2, -0.15) is 4.98 Å². The van der Waals surface area contributed by atoms with E-state index < -0.39 is 5.60 Å². The molecule has 7 nitrogen and oxygen atoms in total. The number of benzene rings is 1. The third-order valence-electron chi connectivity index (χ3n) is 4.32. The van der Waals surface area contributed by atoms with E-state index in [9.17, 15) is 9.59 Å². The molecular weight excluding hydrogens is 344 g/mol. The number of ether oxygens (including phenoxy) is 1. The maximum absolute atomic E-state index is 12.4. The molecule has 0 bridgehead atoms. The highest BCUT2D eigenvalue weighted by atomic mass is 16.6. The lowest BCUT2D eigenvalue weighted by Crippen LogP contribution is -2.23. The van der Waals surface area contributed by atoms with Crippen LogP contribution in [0.1, 0.15) is 61.5 Å². The van der Waals surface area contributed by atoms with Crippen LogP contribution in [0.25, 0.3) is 11.0 Å². The molecule has 0 amide bonds. The first-order valence-electron chi connectivity index (χ1n) is 8.89. The van der Waals surface area contributed by atoms with Crippen LogP contribution in [0.3, 0.4) is 0 Å². The Bertz CT molecular complexity index is 1030. The molecule has 1 atom stereocenters. The van der Waals surface area contributed by atoms with E-state index in [1.54, 1.807) is 18.3 Å².